The summed E-state index contributed by atoms with van der Waals surface area (Å²) in [5.41, 5.74) is 7.55. The van der Waals surface area contributed by atoms with E-state index in [0.717, 1.165) is 12.0 Å². The number of hydrogen-bond acceptors (Lipinski definition) is 4. The van der Waals surface area contributed by atoms with E-state index in [1.54, 1.807) is 12.4 Å². The molecule has 1 aromatic rings. The third-order valence-electron chi connectivity index (χ3n) is 4.52. The maximum absolute atomic E-state index is 12.5. The van der Waals surface area contributed by atoms with E-state index in [4.69, 9.17) is 0 Å². The maximum Gasteiger partial charge on any atom is 0.239 e. The molecule has 1 aromatic heterocycles. The normalized spacial score (nSPS) is 30.6. The highest BCUT2D eigenvalue weighted by Crippen LogP contribution is 2.30. The molecule has 4 atom stereocenters. The lowest BCUT2D eigenvalue weighted by Gasteiger charge is -2.27. The van der Waals surface area contributed by atoms with Gasteiger partial charge in [0.1, 0.15) is 6.04 Å². The van der Waals surface area contributed by atoms with Crippen LogP contribution in [0.5, 0.6) is 0 Å². The van der Waals surface area contributed by atoms with Gasteiger partial charge in [-0.1, -0.05) is 12.8 Å². The van der Waals surface area contributed by atoms with Crippen LogP contribution in [-0.2, 0) is 4.79 Å². The molecule has 2 fully saturated rings. The Labute approximate surface area is 119 Å². The summed E-state index contributed by atoms with van der Waals surface area (Å²) in [5.74, 6) is 0.518. The monoisotopic (exact) mass is 274 g/mol. The van der Waals surface area contributed by atoms with Crippen molar-refractivity contribution in [1.82, 2.24) is 21.2 Å². The number of carbonyl (C=O) groups is 1. The lowest BCUT2D eigenvalue weighted by atomic mass is 9.81. The third-order valence-corrected chi connectivity index (χ3v) is 4.52. The Balaban J connectivity index is 1.62. The second-order valence-electron chi connectivity index (χ2n) is 5.83. The molecule has 0 radical (unpaired) electrons. The van der Waals surface area contributed by atoms with Crippen LogP contribution in [0.15, 0.2) is 24.5 Å². The van der Waals surface area contributed by atoms with Crippen LogP contribution in [0.2, 0.25) is 0 Å². The van der Waals surface area contributed by atoms with Crippen molar-refractivity contribution in [2.45, 2.75) is 50.7 Å². The molecular formula is C15H22N4O. The highest BCUT2D eigenvalue weighted by atomic mass is 16.2. The molecule has 1 amide bonds. The van der Waals surface area contributed by atoms with Gasteiger partial charge in [-0.3, -0.25) is 15.2 Å². The number of amides is 1. The number of hydrogen-bond donors (Lipinski definition) is 3. The van der Waals surface area contributed by atoms with E-state index in [1.807, 2.05) is 19.1 Å². The molecule has 0 aromatic carbocycles. The number of nitrogens with zero attached hydrogens (tertiary/aromatic N) is 1. The predicted octanol–water partition coefficient (Wildman–Crippen LogP) is 1.29. The fourth-order valence-electron chi connectivity index (χ4n) is 3.34. The van der Waals surface area contributed by atoms with Crippen molar-refractivity contribution in [2.75, 3.05) is 0 Å². The van der Waals surface area contributed by atoms with Crippen LogP contribution in [0, 0.1) is 5.92 Å². The van der Waals surface area contributed by atoms with Gasteiger partial charge in [-0.15, -0.1) is 0 Å². The first-order chi connectivity index (χ1) is 9.75. The van der Waals surface area contributed by atoms with Crippen LogP contribution in [0.3, 0.4) is 0 Å². The first kappa shape index (κ1) is 13.5. The fraction of sp³-hybridized carbons (Fsp3) is 0.600. The summed E-state index contributed by atoms with van der Waals surface area (Å²) < 4.78 is 0. The van der Waals surface area contributed by atoms with Gasteiger partial charge in [-0.05, 0) is 37.5 Å². The van der Waals surface area contributed by atoms with Gasteiger partial charge >= 0.3 is 0 Å². The zero-order valence-corrected chi connectivity index (χ0v) is 11.8. The quantitative estimate of drug-likeness (QED) is 0.777. The van der Waals surface area contributed by atoms with E-state index in [2.05, 4.69) is 21.2 Å². The second kappa shape index (κ2) is 5.89. The van der Waals surface area contributed by atoms with E-state index in [9.17, 15) is 4.79 Å². The Kier molecular flexibility index (Phi) is 3.98. The average molecular weight is 274 g/mol. The van der Waals surface area contributed by atoms with Crippen LogP contribution in [0.4, 0.5) is 0 Å². The minimum absolute atomic E-state index is 0.00920. The molecule has 20 heavy (non-hydrogen) atoms. The standard InChI is InChI=1S/C15H22N4O/c1-10(11-6-8-16-9-7-11)17-15(20)14-12-4-2-3-5-13(12)18-19-14/h6-10,12-14,18-19H,2-5H2,1H3,(H,17,20). The van der Waals surface area contributed by atoms with Crippen molar-refractivity contribution in [3.8, 4) is 0 Å². The second-order valence-corrected chi connectivity index (χ2v) is 5.83. The van der Waals surface area contributed by atoms with Crippen molar-refractivity contribution in [3.63, 3.8) is 0 Å². The summed E-state index contributed by atoms with van der Waals surface area (Å²) in [7, 11) is 0. The van der Waals surface area contributed by atoms with E-state index in [-0.39, 0.29) is 18.0 Å². The van der Waals surface area contributed by atoms with Gasteiger partial charge in [0.2, 0.25) is 5.91 Å². The first-order valence-corrected chi connectivity index (χ1v) is 7.47. The van der Waals surface area contributed by atoms with Crippen LogP contribution in [0.25, 0.3) is 0 Å². The van der Waals surface area contributed by atoms with Crippen molar-refractivity contribution in [2.24, 2.45) is 5.92 Å². The van der Waals surface area contributed by atoms with Gasteiger partial charge in [0, 0.05) is 24.4 Å². The molecule has 2 aliphatic rings. The van der Waals surface area contributed by atoms with Crippen molar-refractivity contribution >= 4 is 5.91 Å². The van der Waals surface area contributed by atoms with Gasteiger partial charge < -0.3 is 5.32 Å². The average Bonchev–Trinajstić information content (AvgIpc) is 2.92. The Morgan fingerprint density at radius 3 is 2.85 bits per heavy atom. The molecule has 5 heteroatoms. The van der Waals surface area contributed by atoms with E-state index in [1.165, 1.54) is 19.3 Å². The smallest absolute Gasteiger partial charge is 0.239 e. The number of rotatable bonds is 3. The number of pyridine rings is 1. The van der Waals surface area contributed by atoms with Crippen molar-refractivity contribution in [3.05, 3.63) is 30.1 Å². The number of nitrogens with one attached hydrogen (secondary N) is 3. The molecule has 0 bridgehead atoms. The molecule has 108 valence electrons. The number of aromatic nitrogens is 1. The minimum Gasteiger partial charge on any atom is -0.348 e. The van der Waals surface area contributed by atoms with Crippen molar-refractivity contribution in [1.29, 1.82) is 0 Å². The van der Waals surface area contributed by atoms with Crippen LogP contribution in [0.1, 0.15) is 44.2 Å². The Morgan fingerprint density at radius 2 is 2.05 bits per heavy atom. The summed E-state index contributed by atoms with van der Waals surface area (Å²) in [4.78, 5) is 16.5. The van der Waals surface area contributed by atoms with Gasteiger partial charge in [0.25, 0.3) is 0 Å². The Bertz CT molecular complexity index is 464. The molecule has 1 saturated carbocycles. The molecule has 4 unspecified atom stereocenters. The largest absolute Gasteiger partial charge is 0.348 e. The highest BCUT2D eigenvalue weighted by Gasteiger charge is 2.41. The third kappa shape index (κ3) is 2.69. The molecule has 3 rings (SSSR count). The Hall–Kier alpha value is -1.46. The lowest BCUT2D eigenvalue weighted by Crippen LogP contribution is -2.46. The van der Waals surface area contributed by atoms with Crippen LogP contribution < -0.4 is 16.2 Å². The molecule has 1 aliphatic carbocycles. The summed E-state index contributed by atoms with van der Waals surface area (Å²) in [5, 5.41) is 3.10. The van der Waals surface area contributed by atoms with Gasteiger partial charge in [0.15, 0.2) is 0 Å². The first-order valence-electron chi connectivity index (χ1n) is 7.47. The topological polar surface area (TPSA) is 66.1 Å². The van der Waals surface area contributed by atoms with Gasteiger partial charge in [-0.25, -0.2) is 5.43 Å². The van der Waals surface area contributed by atoms with E-state index < -0.39 is 0 Å². The van der Waals surface area contributed by atoms with E-state index in [0.29, 0.717) is 12.0 Å². The number of fused-ring (bicyclic) bond motifs is 1. The molecule has 5 nitrogen and oxygen atoms in total. The van der Waals surface area contributed by atoms with Gasteiger partial charge in [-0.2, -0.15) is 0 Å². The van der Waals surface area contributed by atoms with Crippen molar-refractivity contribution < 1.29 is 4.79 Å². The zero-order chi connectivity index (χ0) is 13.9. The number of carbonyl (C=O) groups excluding carboxylic acids is 1. The van der Waals surface area contributed by atoms with Gasteiger partial charge in [0.05, 0.1) is 6.04 Å². The molecule has 0 spiro atoms. The minimum atomic E-state index is -0.107. The molecular weight excluding hydrogens is 252 g/mol. The molecule has 1 saturated heterocycles. The number of hydrazine groups is 1. The summed E-state index contributed by atoms with van der Waals surface area (Å²) >= 11 is 0. The summed E-state index contributed by atoms with van der Waals surface area (Å²) in [6.07, 6.45) is 8.30. The van der Waals surface area contributed by atoms with Crippen LogP contribution >= 0.6 is 0 Å². The highest BCUT2D eigenvalue weighted by molar-refractivity contribution is 5.83. The lowest BCUT2D eigenvalue weighted by molar-refractivity contribution is -0.124. The maximum atomic E-state index is 12.5. The molecule has 3 N–H and O–H groups in total. The SMILES string of the molecule is CC(NC(=O)C1NNC2CCCCC21)c1ccncc1. The summed E-state index contributed by atoms with van der Waals surface area (Å²) in [6, 6.07) is 4.24. The molecule has 2 heterocycles. The summed E-state index contributed by atoms with van der Waals surface area (Å²) in [6.45, 7) is 2.01. The molecule has 1 aliphatic heterocycles. The van der Waals surface area contributed by atoms with E-state index >= 15 is 0 Å². The Morgan fingerprint density at radius 1 is 1.30 bits per heavy atom. The fourth-order valence-corrected chi connectivity index (χ4v) is 3.34. The predicted molar refractivity (Wildman–Crippen MR) is 76.6 cm³/mol. The zero-order valence-electron chi connectivity index (χ0n) is 11.8. The van der Waals surface area contributed by atoms with Crippen LogP contribution in [-0.4, -0.2) is 23.0 Å².